The first kappa shape index (κ1) is 11.7. The lowest BCUT2D eigenvalue weighted by atomic mass is 10.1. The maximum Gasteiger partial charge on any atom is 0.242 e. The minimum Gasteiger partial charge on any atom is -0.437 e. The van der Waals surface area contributed by atoms with E-state index < -0.39 is 0 Å². The Balaban J connectivity index is 2.24. The maximum atomic E-state index is 11.7. The third-order valence-corrected chi connectivity index (χ3v) is 2.94. The van der Waals surface area contributed by atoms with Gasteiger partial charge in [-0.25, -0.2) is 0 Å². The van der Waals surface area contributed by atoms with Crippen LogP contribution in [-0.4, -0.2) is 30.8 Å². The lowest BCUT2D eigenvalue weighted by Gasteiger charge is -2.34. The molecule has 0 aliphatic carbocycles. The second kappa shape index (κ2) is 4.61. The van der Waals surface area contributed by atoms with Crippen molar-refractivity contribution in [3.05, 3.63) is 17.9 Å². The minimum atomic E-state index is -0.213. The van der Waals surface area contributed by atoms with E-state index >= 15 is 0 Å². The fraction of sp³-hybridized carbons (Fsp3) is 0.500. The van der Waals surface area contributed by atoms with Gasteiger partial charge in [-0.15, -0.1) is 0 Å². The number of carbonyl (C=O) groups excluding carboxylic acids is 2. The third kappa shape index (κ3) is 2.18. The molecule has 1 atom stereocenters. The summed E-state index contributed by atoms with van der Waals surface area (Å²) >= 11 is 0. The quantitative estimate of drug-likeness (QED) is 0.801. The smallest absolute Gasteiger partial charge is 0.242 e. The number of rotatable bonds is 3. The van der Waals surface area contributed by atoms with Gasteiger partial charge in [-0.05, 0) is 12.5 Å². The topological polar surface area (TPSA) is 62.6 Å². The highest BCUT2D eigenvalue weighted by Gasteiger charge is 2.30. The van der Waals surface area contributed by atoms with Crippen molar-refractivity contribution in [1.82, 2.24) is 5.32 Å². The molecule has 0 radical (unpaired) electrons. The molecule has 2 rings (SSSR count). The van der Waals surface area contributed by atoms with Crippen molar-refractivity contribution in [2.24, 2.45) is 0 Å². The first-order valence-corrected chi connectivity index (χ1v) is 5.78. The number of nitrogens with zero attached hydrogens (tertiary/aromatic N) is 1. The molecular weight excluding hydrogens is 220 g/mol. The van der Waals surface area contributed by atoms with Crippen LogP contribution in [0.4, 0.5) is 5.88 Å². The molecule has 0 aromatic carbocycles. The number of anilines is 1. The van der Waals surface area contributed by atoms with Crippen molar-refractivity contribution in [2.45, 2.75) is 26.3 Å². The Hall–Kier alpha value is -1.78. The Morgan fingerprint density at radius 1 is 1.59 bits per heavy atom. The molecule has 0 bridgehead atoms. The summed E-state index contributed by atoms with van der Waals surface area (Å²) in [6, 6.07) is 3.18. The summed E-state index contributed by atoms with van der Waals surface area (Å²) in [5.74, 6) is 0.836. The number of carbonyl (C=O) groups is 2. The molecule has 1 fully saturated rings. The molecule has 1 aromatic heterocycles. The fourth-order valence-electron chi connectivity index (χ4n) is 2.06. The van der Waals surface area contributed by atoms with E-state index in [-0.39, 0.29) is 17.7 Å². The van der Waals surface area contributed by atoms with E-state index in [4.69, 9.17) is 4.42 Å². The summed E-state index contributed by atoms with van der Waals surface area (Å²) in [5, 5.41) is 2.82. The molecule has 1 aliphatic rings. The van der Waals surface area contributed by atoms with Crippen LogP contribution in [0.15, 0.2) is 16.5 Å². The number of nitrogens with one attached hydrogen (secondary N) is 1. The largest absolute Gasteiger partial charge is 0.437 e. The summed E-state index contributed by atoms with van der Waals surface area (Å²) in [6.07, 6.45) is 0.710. The molecule has 1 saturated heterocycles. The van der Waals surface area contributed by atoms with Crippen LogP contribution in [0.2, 0.25) is 0 Å². The Morgan fingerprint density at radius 3 is 2.94 bits per heavy atom. The lowest BCUT2D eigenvalue weighted by molar-refractivity contribution is -0.123. The van der Waals surface area contributed by atoms with Gasteiger partial charge in [0.15, 0.2) is 17.4 Å². The predicted molar refractivity (Wildman–Crippen MR) is 63.1 cm³/mol. The molecule has 92 valence electrons. The van der Waals surface area contributed by atoms with E-state index in [1.807, 2.05) is 11.8 Å². The third-order valence-electron chi connectivity index (χ3n) is 2.94. The molecular formula is C12H16N2O3. The van der Waals surface area contributed by atoms with E-state index in [0.29, 0.717) is 31.2 Å². The van der Waals surface area contributed by atoms with Crippen LogP contribution in [0.1, 0.15) is 30.8 Å². The number of ketones is 1. The molecule has 17 heavy (non-hydrogen) atoms. The second-order valence-electron chi connectivity index (χ2n) is 4.10. The zero-order chi connectivity index (χ0) is 12.4. The normalized spacial score (nSPS) is 20.2. The molecule has 5 heteroatoms. The lowest BCUT2D eigenvalue weighted by Crippen LogP contribution is -2.55. The van der Waals surface area contributed by atoms with E-state index in [1.54, 1.807) is 12.1 Å². The first-order valence-electron chi connectivity index (χ1n) is 5.78. The average molecular weight is 236 g/mol. The van der Waals surface area contributed by atoms with Crippen molar-refractivity contribution in [3.8, 4) is 0 Å². The standard InChI is InChI=1S/C12H16N2O3/c1-3-9-12(16)13-6-7-14(9)11-5-4-10(17-11)8(2)15/h4-5,9H,3,6-7H2,1-2H3,(H,13,16). The van der Waals surface area contributed by atoms with E-state index in [0.717, 1.165) is 0 Å². The van der Waals surface area contributed by atoms with Crippen molar-refractivity contribution in [2.75, 3.05) is 18.0 Å². The van der Waals surface area contributed by atoms with Crippen molar-refractivity contribution < 1.29 is 14.0 Å². The maximum absolute atomic E-state index is 11.7. The van der Waals surface area contributed by atoms with Crippen LogP contribution in [0.25, 0.3) is 0 Å². The van der Waals surface area contributed by atoms with Gasteiger partial charge in [0, 0.05) is 26.1 Å². The van der Waals surface area contributed by atoms with Crippen LogP contribution >= 0.6 is 0 Å². The number of Topliss-reactive ketones (excluding diaryl/α,β-unsaturated/α-hetero) is 1. The van der Waals surface area contributed by atoms with E-state index in [9.17, 15) is 9.59 Å². The van der Waals surface area contributed by atoms with Crippen LogP contribution in [0.3, 0.4) is 0 Å². The van der Waals surface area contributed by atoms with Gasteiger partial charge in [0.2, 0.25) is 5.91 Å². The molecule has 1 N–H and O–H groups in total. The number of piperazine rings is 1. The highest BCUT2D eigenvalue weighted by Crippen LogP contribution is 2.23. The van der Waals surface area contributed by atoms with Gasteiger partial charge in [0.25, 0.3) is 0 Å². The first-order chi connectivity index (χ1) is 8.13. The monoisotopic (exact) mass is 236 g/mol. The molecule has 0 saturated carbocycles. The Kier molecular flexibility index (Phi) is 3.17. The van der Waals surface area contributed by atoms with Crippen LogP contribution < -0.4 is 10.2 Å². The van der Waals surface area contributed by atoms with Gasteiger partial charge in [-0.3, -0.25) is 9.59 Å². The van der Waals surface area contributed by atoms with Gasteiger partial charge in [-0.2, -0.15) is 0 Å². The van der Waals surface area contributed by atoms with Gasteiger partial charge in [-0.1, -0.05) is 6.92 Å². The summed E-state index contributed by atoms with van der Waals surface area (Å²) in [6.45, 7) is 4.72. The number of amides is 1. The Bertz CT molecular complexity index is 439. The zero-order valence-corrected chi connectivity index (χ0v) is 10.0. The van der Waals surface area contributed by atoms with Crippen molar-refractivity contribution in [3.63, 3.8) is 0 Å². The SMILES string of the molecule is CCC1C(=O)NCCN1c1ccc(C(C)=O)o1. The van der Waals surface area contributed by atoms with Gasteiger partial charge < -0.3 is 14.6 Å². The van der Waals surface area contributed by atoms with E-state index in [1.165, 1.54) is 6.92 Å². The summed E-state index contributed by atoms with van der Waals surface area (Å²) < 4.78 is 5.46. The number of hydrogen-bond acceptors (Lipinski definition) is 4. The summed E-state index contributed by atoms with van der Waals surface area (Å²) in [7, 11) is 0. The Labute approximate surface area is 99.8 Å². The van der Waals surface area contributed by atoms with Gasteiger partial charge in [0.1, 0.15) is 6.04 Å². The highest BCUT2D eigenvalue weighted by atomic mass is 16.4. The number of furan rings is 1. The minimum absolute atomic E-state index is 0.0134. The molecule has 1 unspecified atom stereocenters. The molecule has 0 spiro atoms. The molecule has 1 amide bonds. The van der Waals surface area contributed by atoms with Crippen LogP contribution in [-0.2, 0) is 4.79 Å². The van der Waals surface area contributed by atoms with Gasteiger partial charge >= 0.3 is 0 Å². The second-order valence-corrected chi connectivity index (χ2v) is 4.10. The average Bonchev–Trinajstić information content (AvgIpc) is 2.77. The molecule has 1 aromatic rings. The molecule has 5 nitrogen and oxygen atoms in total. The summed E-state index contributed by atoms with van der Waals surface area (Å²) in [4.78, 5) is 24.8. The van der Waals surface area contributed by atoms with Crippen LogP contribution in [0, 0.1) is 0 Å². The van der Waals surface area contributed by atoms with E-state index in [2.05, 4.69) is 5.32 Å². The fourth-order valence-corrected chi connectivity index (χ4v) is 2.06. The van der Waals surface area contributed by atoms with Gasteiger partial charge in [0.05, 0.1) is 0 Å². The Morgan fingerprint density at radius 2 is 2.35 bits per heavy atom. The molecule has 1 aliphatic heterocycles. The van der Waals surface area contributed by atoms with Crippen molar-refractivity contribution in [1.29, 1.82) is 0 Å². The summed E-state index contributed by atoms with van der Waals surface area (Å²) in [5.41, 5.74) is 0. The van der Waals surface area contributed by atoms with Crippen molar-refractivity contribution >= 4 is 17.6 Å². The predicted octanol–water partition coefficient (Wildman–Crippen LogP) is 1.20. The molecule has 2 heterocycles. The number of hydrogen-bond donors (Lipinski definition) is 1. The zero-order valence-electron chi connectivity index (χ0n) is 10.0. The van der Waals surface area contributed by atoms with Crippen LogP contribution in [0.5, 0.6) is 0 Å². The highest BCUT2D eigenvalue weighted by molar-refractivity contribution is 5.92.